The van der Waals surface area contributed by atoms with E-state index in [-0.39, 0.29) is 11.4 Å². The monoisotopic (exact) mass is 303 g/mol. The van der Waals surface area contributed by atoms with Crippen molar-refractivity contribution >= 4 is 28.3 Å². The van der Waals surface area contributed by atoms with Crippen LogP contribution in [0.25, 0.3) is 16.2 Å². The second kappa shape index (κ2) is 4.98. The molecule has 0 fully saturated rings. The van der Waals surface area contributed by atoms with E-state index in [1.54, 1.807) is 16.7 Å². The van der Waals surface area contributed by atoms with Gasteiger partial charge in [-0.3, -0.25) is 19.3 Å². The van der Waals surface area contributed by atoms with Crippen LogP contribution in [-0.4, -0.2) is 27.7 Å². The first-order chi connectivity index (χ1) is 10.2. The van der Waals surface area contributed by atoms with Gasteiger partial charge in [0.1, 0.15) is 11.4 Å². The number of benzene rings is 1. The van der Waals surface area contributed by atoms with E-state index >= 15 is 0 Å². The Kier molecular flexibility index (Phi) is 3.15. The van der Waals surface area contributed by atoms with Gasteiger partial charge in [-0.05, 0) is 12.1 Å². The standard InChI is InChI=1S/C13H9N3O4S/c1-20-11-3-2-8(6-9(11)16(18)19)12-10(7-17)15-4-5-21-13(15)14-12/h2-7H,1H3. The number of hydrogen-bond acceptors (Lipinski definition) is 6. The van der Waals surface area contributed by atoms with Crippen molar-refractivity contribution in [3.05, 3.63) is 45.6 Å². The lowest BCUT2D eigenvalue weighted by atomic mass is 10.1. The van der Waals surface area contributed by atoms with Crippen LogP contribution in [0.1, 0.15) is 10.5 Å². The van der Waals surface area contributed by atoms with E-state index in [4.69, 9.17) is 4.74 Å². The van der Waals surface area contributed by atoms with Crippen molar-refractivity contribution in [2.75, 3.05) is 7.11 Å². The molecular formula is C13H9N3O4S. The fourth-order valence-electron chi connectivity index (χ4n) is 2.11. The Bertz CT molecular complexity index is 852. The summed E-state index contributed by atoms with van der Waals surface area (Å²) in [6, 6.07) is 4.50. The molecule has 0 unspecified atom stereocenters. The maximum Gasteiger partial charge on any atom is 0.311 e. The molecular weight excluding hydrogens is 294 g/mol. The first kappa shape index (κ1) is 13.3. The lowest BCUT2D eigenvalue weighted by molar-refractivity contribution is -0.385. The summed E-state index contributed by atoms with van der Waals surface area (Å²) in [4.78, 5) is 26.9. The van der Waals surface area contributed by atoms with E-state index in [1.807, 2.05) is 5.38 Å². The highest BCUT2D eigenvalue weighted by Crippen LogP contribution is 2.33. The maximum atomic E-state index is 11.3. The van der Waals surface area contributed by atoms with Gasteiger partial charge in [-0.15, -0.1) is 11.3 Å². The van der Waals surface area contributed by atoms with E-state index in [0.717, 1.165) is 0 Å². The molecule has 0 radical (unpaired) electrons. The average molecular weight is 303 g/mol. The molecule has 3 rings (SSSR count). The molecule has 3 aromatic rings. The highest BCUT2D eigenvalue weighted by molar-refractivity contribution is 7.15. The number of nitrogens with zero attached hydrogens (tertiary/aromatic N) is 3. The van der Waals surface area contributed by atoms with E-state index in [9.17, 15) is 14.9 Å². The lowest BCUT2D eigenvalue weighted by Crippen LogP contribution is -1.95. The molecule has 0 atom stereocenters. The van der Waals surface area contributed by atoms with Gasteiger partial charge in [0.2, 0.25) is 0 Å². The summed E-state index contributed by atoms with van der Waals surface area (Å²) in [5.41, 5.74) is 1.12. The van der Waals surface area contributed by atoms with Crippen LogP contribution in [0.3, 0.4) is 0 Å². The van der Waals surface area contributed by atoms with Crippen molar-refractivity contribution in [1.82, 2.24) is 9.38 Å². The topological polar surface area (TPSA) is 86.7 Å². The van der Waals surface area contributed by atoms with Crippen LogP contribution >= 0.6 is 11.3 Å². The summed E-state index contributed by atoms with van der Waals surface area (Å²) in [5.74, 6) is 0.164. The fourth-order valence-corrected chi connectivity index (χ4v) is 2.83. The molecule has 0 bridgehead atoms. The molecule has 21 heavy (non-hydrogen) atoms. The minimum atomic E-state index is -0.526. The Balaban J connectivity index is 2.22. The Morgan fingerprint density at radius 2 is 2.29 bits per heavy atom. The van der Waals surface area contributed by atoms with Gasteiger partial charge in [0, 0.05) is 23.2 Å². The molecule has 106 valence electrons. The molecule has 0 aliphatic carbocycles. The minimum absolute atomic E-state index is 0.164. The highest BCUT2D eigenvalue weighted by Gasteiger charge is 2.20. The van der Waals surface area contributed by atoms with Gasteiger partial charge in [-0.2, -0.15) is 0 Å². The number of ether oxygens (including phenoxy) is 1. The molecule has 0 saturated heterocycles. The van der Waals surface area contributed by atoms with Crippen LogP contribution in [0.15, 0.2) is 29.8 Å². The van der Waals surface area contributed by atoms with E-state index in [1.165, 1.54) is 30.6 Å². The largest absolute Gasteiger partial charge is 0.490 e. The van der Waals surface area contributed by atoms with Gasteiger partial charge in [0.15, 0.2) is 17.0 Å². The summed E-state index contributed by atoms with van der Waals surface area (Å²) in [7, 11) is 1.37. The summed E-state index contributed by atoms with van der Waals surface area (Å²) in [6.07, 6.45) is 2.43. The molecule has 0 aliphatic heterocycles. The Morgan fingerprint density at radius 3 is 2.95 bits per heavy atom. The number of carbonyl (C=O) groups excluding carboxylic acids is 1. The third kappa shape index (κ3) is 2.05. The summed E-state index contributed by atoms with van der Waals surface area (Å²) in [5, 5.41) is 12.9. The lowest BCUT2D eigenvalue weighted by Gasteiger charge is -2.03. The number of fused-ring (bicyclic) bond motifs is 1. The zero-order valence-corrected chi connectivity index (χ0v) is 11.7. The Hall–Kier alpha value is -2.74. The number of aldehydes is 1. The zero-order chi connectivity index (χ0) is 15.0. The number of nitro benzene ring substituents is 1. The van der Waals surface area contributed by atoms with Crippen molar-refractivity contribution in [3.8, 4) is 17.0 Å². The van der Waals surface area contributed by atoms with E-state index in [2.05, 4.69) is 4.98 Å². The van der Waals surface area contributed by atoms with Crippen molar-refractivity contribution in [2.24, 2.45) is 0 Å². The Labute approximate surface area is 122 Å². The van der Waals surface area contributed by atoms with E-state index < -0.39 is 4.92 Å². The third-order valence-corrected chi connectivity index (χ3v) is 3.82. The molecule has 8 heteroatoms. The molecule has 0 spiro atoms. The van der Waals surface area contributed by atoms with E-state index in [0.29, 0.717) is 28.2 Å². The van der Waals surface area contributed by atoms with Gasteiger partial charge in [0.25, 0.3) is 0 Å². The van der Waals surface area contributed by atoms with Gasteiger partial charge in [-0.1, -0.05) is 0 Å². The molecule has 1 aromatic carbocycles. The highest BCUT2D eigenvalue weighted by atomic mass is 32.1. The third-order valence-electron chi connectivity index (χ3n) is 3.06. The number of imidazole rings is 1. The molecule has 7 nitrogen and oxygen atoms in total. The second-order valence-electron chi connectivity index (χ2n) is 4.16. The quantitative estimate of drug-likeness (QED) is 0.420. The van der Waals surface area contributed by atoms with Gasteiger partial charge in [-0.25, -0.2) is 4.98 Å². The molecule has 2 aromatic heterocycles. The minimum Gasteiger partial charge on any atom is -0.490 e. The van der Waals surface area contributed by atoms with Gasteiger partial charge >= 0.3 is 5.69 Å². The predicted molar refractivity (Wildman–Crippen MR) is 77.1 cm³/mol. The molecule has 0 aliphatic rings. The number of carbonyl (C=O) groups is 1. The predicted octanol–water partition coefficient (Wildman–Crippen LogP) is 2.79. The molecule has 2 heterocycles. The fraction of sp³-hybridized carbons (Fsp3) is 0.0769. The average Bonchev–Trinajstić information content (AvgIpc) is 3.06. The molecule has 0 amide bonds. The first-order valence-electron chi connectivity index (χ1n) is 5.89. The number of nitro groups is 1. The van der Waals surface area contributed by atoms with Crippen LogP contribution in [0, 0.1) is 10.1 Å². The smallest absolute Gasteiger partial charge is 0.311 e. The van der Waals surface area contributed by atoms with Crippen LogP contribution < -0.4 is 4.74 Å². The normalized spacial score (nSPS) is 10.7. The molecule has 0 N–H and O–H groups in total. The molecule has 0 saturated carbocycles. The summed E-state index contributed by atoms with van der Waals surface area (Å²) in [6.45, 7) is 0. The second-order valence-corrected chi connectivity index (χ2v) is 5.04. The SMILES string of the molecule is COc1ccc(-c2nc3sccn3c2C=O)cc1[N+](=O)[O-]. The zero-order valence-electron chi connectivity index (χ0n) is 10.8. The van der Waals surface area contributed by atoms with Crippen LogP contribution in [-0.2, 0) is 0 Å². The van der Waals surface area contributed by atoms with Crippen molar-refractivity contribution in [2.45, 2.75) is 0 Å². The number of methoxy groups -OCH3 is 1. The number of aromatic nitrogens is 2. The van der Waals surface area contributed by atoms with Gasteiger partial charge < -0.3 is 4.74 Å². The maximum absolute atomic E-state index is 11.3. The van der Waals surface area contributed by atoms with Crippen molar-refractivity contribution in [1.29, 1.82) is 0 Å². The Morgan fingerprint density at radius 1 is 1.48 bits per heavy atom. The van der Waals surface area contributed by atoms with Crippen molar-refractivity contribution in [3.63, 3.8) is 0 Å². The first-order valence-corrected chi connectivity index (χ1v) is 6.77. The van der Waals surface area contributed by atoms with Crippen LogP contribution in [0.4, 0.5) is 5.69 Å². The van der Waals surface area contributed by atoms with Crippen LogP contribution in [0.5, 0.6) is 5.75 Å². The van der Waals surface area contributed by atoms with Crippen LogP contribution in [0.2, 0.25) is 0 Å². The number of hydrogen-bond donors (Lipinski definition) is 0. The van der Waals surface area contributed by atoms with Crippen molar-refractivity contribution < 1.29 is 14.5 Å². The number of rotatable bonds is 4. The summed E-state index contributed by atoms with van der Waals surface area (Å²) >= 11 is 1.38. The summed E-state index contributed by atoms with van der Waals surface area (Å²) < 4.78 is 6.62. The van der Waals surface area contributed by atoms with Gasteiger partial charge in [0.05, 0.1) is 12.0 Å². The number of thiazole rings is 1.